The number of aliphatic hydroxyl groups excluding tert-OH is 2. The number of hydrogen-bond donors (Lipinski definition) is 7. The van der Waals surface area contributed by atoms with Gasteiger partial charge in [-0.05, 0) is 0 Å². The molecule has 124 valence electrons. The zero-order valence-electron chi connectivity index (χ0n) is 11.0. The number of aromatic nitrogens is 2. The third-order valence-corrected chi connectivity index (χ3v) is 3.36. The molecule has 1 aliphatic heterocycles. The van der Waals surface area contributed by atoms with E-state index in [0.717, 1.165) is 0 Å². The number of anilines is 1. The van der Waals surface area contributed by atoms with Gasteiger partial charge >= 0.3 is 7.82 Å². The largest absolute Gasteiger partial charge is 0.469 e. The summed E-state index contributed by atoms with van der Waals surface area (Å²) in [5.74, 6) is -0.702. The Bertz CT molecular complexity index is 588. The predicted molar refractivity (Wildman–Crippen MR) is 69.4 cm³/mol. The monoisotopic (exact) mass is 338 g/mol. The van der Waals surface area contributed by atoms with E-state index in [1.54, 1.807) is 0 Å². The second kappa shape index (κ2) is 6.30. The van der Waals surface area contributed by atoms with E-state index in [2.05, 4.69) is 19.8 Å². The van der Waals surface area contributed by atoms with Gasteiger partial charge in [0.2, 0.25) is 5.95 Å². The molecule has 0 bridgehead atoms. The van der Waals surface area contributed by atoms with Crippen molar-refractivity contribution in [3.63, 3.8) is 0 Å². The summed E-state index contributed by atoms with van der Waals surface area (Å²) in [7, 11) is -4.72. The van der Waals surface area contributed by atoms with Crippen LogP contribution in [0.25, 0.3) is 0 Å². The van der Waals surface area contributed by atoms with Crippen LogP contribution in [0.1, 0.15) is 10.5 Å². The van der Waals surface area contributed by atoms with Gasteiger partial charge in [-0.3, -0.25) is 9.32 Å². The van der Waals surface area contributed by atoms with Crippen LogP contribution in [0.3, 0.4) is 0 Å². The Balaban J connectivity index is 1.97. The molecular formula is C9H15N4O8P. The fourth-order valence-electron chi connectivity index (χ4n) is 1.83. The molecular weight excluding hydrogens is 323 g/mol. The van der Waals surface area contributed by atoms with Crippen molar-refractivity contribution in [1.29, 1.82) is 0 Å². The summed E-state index contributed by atoms with van der Waals surface area (Å²) in [6.45, 7) is -0.620. The summed E-state index contributed by atoms with van der Waals surface area (Å²) >= 11 is 0. The Morgan fingerprint density at radius 1 is 1.50 bits per heavy atom. The minimum absolute atomic E-state index is 0.0445. The summed E-state index contributed by atoms with van der Waals surface area (Å²) < 4.78 is 20.0. The molecule has 12 nitrogen and oxygen atoms in total. The third kappa shape index (κ3) is 4.01. The van der Waals surface area contributed by atoms with E-state index in [1.807, 2.05) is 0 Å². The minimum atomic E-state index is -4.72. The molecule has 1 fully saturated rings. The first-order valence-electron chi connectivity index (χ1n) is 6.01. The molecule has 2 rings (SSSR count). The van der Waals surface area contributed by atoms with Crippen LogP contribution < -0.4 is 11.1 Å². The van der Waals surface area contributed by atoms with Gasteiger partial charge < -0.3 is 40.8 Å². The van der Waals surface area contributed by atoms with Crippen molar-refractivity contribution in [2.24, 2.45) is 5.73 Å². The van der Waals surface area contributed by atoms with E-state index >= 15 is 0 Å². The molecule has 0 radical (unpaired) electrons. The van der Waals surface area contributed by atoms with Gasteiger partial charge in [-0.25, -0.2) is 9.55 Å². The van der Waals surface area contributed by atoms with Crippen molar-refractivity contribution in [2.75, 3.05) is 11.9 Å². The highest BCUT2D eigenvalue weighted by atomic mass is 31.2. The predicted octanol–water partition coefficient (Wildman–Crippen LogP) is -2.52. The lowest BCUT2D eigenvalue weighted by Crippen LogP contribution is -2.36. The Hall–Kier alpha value is -1.53. The molecule has 0 spiro atoms. The van der Waals surface area contributed by atoms with Crippen molar-refractivity contribution in [1.82, 2.24) is 9.97 Å². The maximum Gasteiger partial charge on any atom is 0.469 e. The van der Waals surface area contributed by atoms with Crippen LogP contribution in [0.15, 0.2) is 6.20 Å². The third-order valence-electron chi connectivity index (χ3n) is 2.88. The van der Waals surface area contributed by atoms with Crippen molar-refractivity contribution < 1.29 is 38.6 Å². The number of aromatic amines is 1. The molecule has 13 heteroatoms. The quantitative estimate of drug-likeness (QED) is 0.271. The van der Waals surface area contributed by atoms with Gasteiger partial charge in [0, 0.05) is 6.20 Å². The second-order valence-electron chi connectivity index (χ2n) is 4.51. The van der Waals surface area contributed by atoms with Crippen LogP contribution in [0.4, 0.5) is 5.95 Å². The number of ether oxygens (including phenoxy) is 1. The Labute approximate surface area is 123 Å². The molecule has 1 unspecified atom stereocenters. The molecule has 0 saturated carbocycles. The van der Waals surface area contributed by atoms with E-state index in [-0.39, 0.29) is 11.6 Å². The molecule has 2 heterocycles. The minimum Gasteiger partial charge on any atom is -0.387 e. The number of carbonyl (C=O) groups excluding carboxylic acids is 1. The maximum atomic E-state index is 10.9. The van der Waals surface area contributed by atoms with E-state index < -0.39 is 44.9 Å². The number of amides is 1. The second-order valence-corrected chi connectivity index (χ2v) is 5.74. The lowest BCUT2D eigenvalue weighted by atomic mass is 10.1. The molecule has 8 N–H and O–H groups in total. The SMILES string of the molecule is NC(=O)c1c[nH]c(NC2O[C@H](COP(=O)(O)O)[C@@H](O)[C@H]2O)n1. The first-order chi connectivity index (χ1) is 10.2. The van der Waals surface area contributed by atoms with Gasteiger partial charge in [-0.2, -0.15) is 0 Å². The zero-order valence-corrected chi connectivity index (χ0v) is 11.9. The van der Waals surface area contributed by atoms with E-state index in [9.17, 15) is 19.6 Å². The number of nitrogens with two attached hydrogens (primary N) is 1. The Morgan fingerprint density at radius 3 is 2.73 bits per heavy atom. The van der Waals surface area contributed by atoms with Crippen LogP contribution >= 0.6 is 7.82 Å². The lowest BCUT2D eigenvalue weighted by Gasteiger charge is -2.15. The fraction of sp³-hybridized carbons (Fsp3) is 0.556. The smallest absolute Gasteiger partial charge is 0.387 e. The number of nitrogens with zero attached hydrogens (tertiary/aromatic N) is 1. The van der Waals surface area contributed by atoms with Crippen molar-refractivity contribution in [3.05, 3.63) is 11.9 Å². The van der Waals surface area contributed by atoms with Gasteiger partial charge in [-0.1, -0.05) is 0 Å². The summed E-state index contributed by atoms with van der Waals surface area (Å²) in [4.78, 5) is 34.4. The summed E-state index contributed by atoms with van der Waals surface area (Å²) in [6.07, 6.45) is -3.91. The van der Waals surface area contributed by atoms with E-state index in [1.165, 1.54) is 6.20 Å². The molecule has 0 aromatic carbocycles. The molecule has 1 saturated heterocycles. The van der Waals surface area contributed by atoms with E-state index in [4.69, 9.17) is 20.3 Å². The van der Waals surface area contributed by atoms with Crippen LogP contribution in [0, 0.1) is 0 Å². The summed E-state index contributed by atoms with van der Waals surface area (Å²) in [6, 6.07) is 0. The van der Waals surface area contributed by atoms with Crippen LogP contribution in [0.2, 0.25) is 0 Å². The lowest BCUT2D eigenvalue weighted by molar-refractivity contribution is -0.0152. The molecule has 0 aliphatic carbocycles. The standard InChI is InChI=1S/C9H15N4O8P/c10-7(16)3-1-11-9(12-3)13-8-6(15)5(14)4(21-8)2-20-22(17,18)19/h1,4-6,8,14-15H,2H2,(H2,10,16)(H2,11,12,13)(H2,17,18,19)/t4-,5-,6-,8?/m1/s1. The Kier molecular flexibility index (Phi) is 4.82. The number of H-pyrrole nitrogens is 1. The zero-order chi connectivity index (χ0) is 16.5. The fourth-order valence-corrected chi connectivity index (χ4v) is 2.17. The summed E-state index contributed by atoms with van der Waals surface area (Å²) in [5.41, 5.74) is 4.98. The van der Waals surface area contributed by atoms with Gasteiger partial charge in [0.05, 0.1) is 6.61 Å². The number of phosphoric ester groups is 1. The number of aliphatic hydroxyl groups is 2. The summed E-state index contributed by atoms with van der Waals surface area (Å²) in [5, 5.41) is 22.1. The molecule has 1 aromatic rings. The average molecular weight is 338 g/mol. The molecule has 22 heavy (non-hydrogen) atoms. The molecule has 1 aliphatic rings. The van der Waals surface area contributed by atoms with Crippen LogP contribution in [-0.2, 0) is 13.8 Å². The number of hydrogen-bond acceptors (Lipinski definition) is 8. The Morgan fingerprint density at radius 2 is 2.18 bits per heavy atom. The number of primary amides is 1. The number of imidazole rings is 1. The number of phosphoric acid groups is 1. The van der Waals surface area contributed by atoms with Crippen molar-refractivity contribution in [3.8, 4) is 0 Å². The number of nitrogens with one attached hydrogen (secondary N) is 2. The highest BCUT2D eigenvalue weighted by Crippen LogP contribution is 2.37. The molecule has 4 atom stereocenters. The van der Waals surface area contributed by atoms with E-state index in [0.29, 0.717) is 0 Å². The number of carbonyl (C=O) groups is 1. The first-order valence-corrected chi connectivity index (χ1v) is 7.54. The van der Waals surface area contributed by atoms with Gasteiger partial charge in [0.25, 0.3) is 5.91 Å². The number of rotatable bonds is 6. The van der Waals surface area contributed by atoms with Crippen LogP contribution in [-0.4, -0.2) is 67.0 Å². The molecule has 1 aromatic heterocycles. The van der Waals surface area contributed by atoms with Crippen LogP contribution in [0.5, 0.6) is 0 Å². The van der Waals surface area contributed by atoms with Crippen molar-refractivity contribution >= 4 is 19.7 Å². The van der Waals surface area contributed by atoms with Gasteiger partial charge in [0.1, 0.15) is 24.0 Å². The average Bonchev–Trinajstić information content (AvgIpc) is 2.97. The maximum absolute atomic E-state index is 10.9. The highest BCUT2D eigenvalue weighted by Gasteiger charge is 2.44. The van der Waals surface area contributed by atoms with Crippen molar-refractivity contribution in [2.45, 2.75) is 24.5 Å². The normalized spacial score (nSPS) is 28.7. The highest BCUT2D eigenvalue weighted by molar-refractivity contribution is 7.46. The topological polar surface area (TPSA) is 200 Å². The van der Waals surface area contributed by atoms with Gasteiger partial charge in [0.15, 0.2) is 6.23 Å². The molecule has 1 amide bonds. The van der Waals surface area contributed by atoms with Gasteiger partial charge in [-0.15, -0.1) is 0 Å². The first kappa shape index (κ1) is 16.8.